The standard InChI is InChI=1S/C3H6O/c1-3-2-4-3/h3H,2H2,1H3/i1+1,2+1. The van der Waals surface area contributed by atoms with Crippen molar-refractivity contribution in [3.8, 4) is 0 Å². The van der Waals surface area contributed by atoms with Gasteiger partial charge < -0.3 is 4.74 Å². The summed E-state index contributed by atoms with van der Waals surface area (Å²) in [5.74, 6) is 0. The lowest BCUT2D eigenvalue weighted by atomic mass is 11.0. The second-order valence-electron chi connectivity index (χ2n) is 1.14. The van der Waals surface area contributed by atoms with Crippen LogP contribution in [0.1, 0.15) is 6.92 Å². The minimum atomic E-state index is 0.583. The van der Waals surface area contributed by atoms with Gasteiger partial charge in [0.1, 0.15) is 0 Å². The maximum absolute atomic E-state index is 4.71. The molecule has 0 aromatic heterocycles. The Morgan fingerprint density at radius 2 is 2.25 bits per heavy atom. The summed E-state index contributed by atoms with van der Waals surface area (Å²) in [6.45, 7) is 3.04. The lowest BCUT2D eigenvalue weighted by Crippen LogP contribution is -1.60. The van der Waals surface area contributed by atoms with Gasteiger partial charge in [0, 0.05) is 0 Å². The van der Waals surface area contributed by atoms with Gasteiger partial charge in [0.2, 0.25) is 0 Å². The van der Waals surface area contributed by atoms with Gasteiger partial charge >= 0.3 is 0 Å². The molecule has 0 aromatic carbocycles. The van der Waals surface area contributed by atoms with Crippen molar-refractivity contribution >= 4 is 0 Å². The Kier molecular flexibility index (Phi) is 0.256. The minimum Gasteiger partial charge on any atom is -0.373 e. The Morgan fingerprint density at radius 1 is 2.00 bits per heavy atom. The molecule has 0 N–H and O–H groups in total. The van der Waals surface area contributed by atoms with E-state index in [-0.39, 0.29) is 0 Å². The third kappa shape index (κ3) is 0.206. The van der Waals surface area contributed by atoms with Crippen LogP contribution in [0.2, 0.25) is 0 Å². The smallest absolute Gasteiger partial charge is 0.0781 e. The van der Waals surface area contributed by atoms with E-state index in [1.54, 1.807) is 0 Å². The van der Waals surface area contributed by atoms with Crippen molar-refractivity contribution in [2.75, 3.05) is 6.61 Å². The molecule has 1 nitrogen and oxygen atoms in total. The number of hydrogen-bond donors (Lipinski definition) is 0. The first-order valence-electron chi connectivity index (χ1n) is 1.51. The average molecular weight is 60.1 g/mol. The van der Waals surface area contributed by atoms with E-state index in [9.17, 15) is 0 Å². The van der Waals surface area contributed by atoms with Crippen LogP contribution in [0.3, 0.4) is 0 Å². The van der Waals surface area contributed by atoms with Crippen LogP contribution in [0.15, 0.2) is 0 Å². The van der Waals surface area contributed by atoms with Crippen LogP contribution < -0.4 is 0 Å². The molecule has 1 heterocycles. The molecule has 0 amide bonds. The molecular weight excluding hydrogens is 54.0 g/mol. The molecular formula is C3H6O. The molecule has 0 radical (unpaired) electrons. The number of rotatable bonds is 0. The van der Waals surface area contributed by atoms with E-state index in [0.717, 1.165) is 6.61 Å². The summed E-state index contributed by atoms with van der Waals surface area (Å²) < 4.78 is 4.71. The van der Waals surface area contributed by atoms with Crippen molar-refractivity contribution < 1.29 is 4.74 Å². The molecule has 1 aliphatic rings. The Bertz CT molecular complexity index is 22.5. The van der Waals surface area contributed by atoms with E-state index >= 15 is 0 Å². The summed E-state index contributed by atoms with van der Waals surface area (Å²) in [6.07, 6.45) is 0.583. The fourth-order valence-electron chi connectivity index (χ4n) is 0.0962. The molecule has 0 spiro atoms. The second-order valence-corrected chi connectivity index (χ2v) is 1.14. The van der Waals surface area contributed by atoms with Gasteiger partial charge in [0.05, 0.1) is 12.7 Å². The van der Waals surface area contributed by atoms with Gasteiger partial charge in [-0.05, 0) is 6.92 Å². The van der Waals surface area contributed by atoms with Gasteiger partial charge in [-0.2, -0.15) is 0 Å². The molecule has 0 saturated carbocycles. The van der Waals surface area contributed by atoms with Gasteiger partial charge in [-0.3, -0.25) is 0 Å². The predicted molar refractivity (Wildman–Crippen MR) is 15.4 cm³/mol. The van der Waals surface area contributed by atoms with Crippen molar-refractivity contribution in [1.82, 2.24) is 0 Å². The van der Waals surface area contributed by atoms with Crippen LogP contribution in [0, 0.1) is 0 Å². The van der Waals surface area contributed by atoms with Gasteiger partial charge in [0.25, 0.3) is 0 Å². The first kappa shape index (κ1) is 2.21. The van der Waals surface area contributed by atoms with Crippen LogP contribution in [0.25, 0.3) is 0 Å². The fourth-order valence-corrected chi connectivity index (χ4v) is 0.0962. The maximum atomic E-state index is 4.71. The van der Waals surface area contributed by atoms with E-state index in [1.165, 1.54) is 0 Å². The first-order chi connectivity index (χ1) is 1.89. The van der Waals surface area contributed by atoms with Crippen LogP contribution in [0.5, 0.6) is 0 Å². The van der Waals surface area contributed by atoms with E-state index in [0.29, 0.717) is 6.10 Å². The van der Waals surface area contributed by atoms with E-state index < -0.39 is 0 Å². The zero-order valence-corrected chi connectivity index (χ0v) is 2.69. The van der Waals surface area contributed by atoms with E-state index in [4.69, 9.17) is 4.74 Å². The zero-order chi connectivity index (χ0) is 2.99. The van der Waals surface area contributed by atoms with Crippen LogP contribution in [0.4, 0.5) is 0 Å². The molecule has 1 saturated heterocycles. The molecule has 1 fully saturated rings. The quantitative estimate of drug-likeness (QED) is 0.291. The molecule has 1 atom stereocenters. The van der Waals surface area contributed by atoms with Crippen molar-refractivity contribution in [2.45, 2.75) is 13.0 Å². The van der Waals surface area contributed by atoms with Gasteiger partial charge in [-0.1, -0.05) is 0 Å². The Morgan fingerprint density at radius 3 is 2.25 bits per heavy atom. The molecule has 1 heteroatoms. The Hall–Kier alpha value is -0.0400. The highest BCUT2D eigenvalue weighted by molar-refractivity contribution is 4.58. The summed E-state index contributed by atoms with van der Waals surface area (Å²) in [4.78, 5) is 0. The lowest BCUT2D eigenvalue weighted by molar-refractivity contribution is 0.423. The van der Waals surface area contributed by atoms with Gasteiger partial charge in [0.15, 0.2) is 0 Å². The average Bonchev–Trinajstić information content (AvgIpc) is 1.75. The van der Waals surface area contributed by atoms with Crippen LogP contribution >= 0.6 is 0 Å². The first-order valence-corrected chi connectivity index (χ1v) is 1.51. The highest BCUT2D eigenvalue weighted by atomic mass is 16.7. The molecule has 1 rings (SSSR count). The van der Waals surface area contributed by atoms with Crippen molar-refractivity contribution in [2.24, 2.45) is 0 Å². The summed E-state index contributed by atoms with van der Waals surface area (Å²) in [5, 5.41) is 0. The van der Waals surface area contributed by atoms with Gasteiger partial charge in [-0.25, -0.2) is 0 Å². The number of ether oxygens (including phenoxy) is 1. The molecule has 4 heavy (non-hydrogen) atoms. The summed E-state index contributed by atoms with van der Waals surface area (Å²) in [5.41, 5.74) is 0. The zero-order valence-electron chi connectivity index (χ0n) is 2.69. The van der Waals surface area contributed by atoms with E-state index in [2.05, 4.69) is 6.92 Å². The monoisotopic (exact) mass is 60.0 g/mol. The van der Waals surface area contributed by atoms with Crippen molar-refractivity contribution in [3.05, 3.63) is 0 Å². The number of epoxide rings is 1. The fraction of sp³-hybridized carbons (Fsp3) is 1.00. The summed E-state index contributed by atoms with van der Waals surface area (Å²) >= 11 is 0. The van der Waals surface area contributed by atoms with E-state index in [1.807, 2.05) is 0 Å². The SMILES string of the molecule is [13CH3]C1[13CH2]O1. The van der Waals surface area contributed by atoms with Crippen LogP contribution in [-0.2, 0) is 4.74 Å². The third-order valence-corrected chi connectivity index (χ3v) is 0.500. The van der Waals surface area contributed by atoms with Crippen molar-refractivity contribution in [3.63, 3.8) is 0 Å². The highest BCUT2D eigenvalue weighted by Gasteiger charge is 2.13. The number of hydrogen-bond acceptors (Lipinski definition) is 1. The normalized spacial score (nSPS) is 39.8. The van der Waals surface area contributed by atoms with Crippen molar-refractivity contribution in [1.29, 1.82) is 0 Å². The lowest BCUT2D eigenvalue weighted by Gasteiger charge is -1.50. The Balaban J connectivity index is 2.17. The van der Waals surface area contributed by atoms with Gasteiger partial charge in [-0.15, -0.1) is 0 Å². The molecule has 0 aliphatic carbocycles. The molecule has 0 bridgehead atoms. The summed E-state index contributed by atoms with van der Waals surface area (Å²) in [6, 6.07) is 0. The highest BCUT2D eigenvalue weighted by Crippen LogP contribution is 2.04. The maximum Gasteiger partial charge on any atom is 0.0781 e. The molecule has 0 aromatic rings. The Labute approximate surface area is 25.6 Å². The van der Waals surface area contributed by atoms with Crippen LogP contribution in [-0.4, -0.2) is 12.7 Å². The predicted octanol–water partition coefficient (Wildman–Crippen LogP) is 0.405. The largest absolute Gasteiger partial charge is 0.373 e. The molecule has 24 valence electrons. The molecule has 1 aliphatic heterocycles. The topological polar surface area (TPSA) is 12.5 Å². The third-order valence-electron chi connectivity index (χ3n) is 0.500. The summed E-state index contributed by atoms with van der Waals surface area (Å²) in [7, 11) is 0. The second kappa shape index (κ2) is 0.462. The molecule has 1 unspecified atom stereocenters. The minimum absolute atomic E-state index is 0.583.